The summed E-state index contributed by atoms with van der Waals surface area (Å²) in [6.45, 7) is 5.54. The van der Waals surface area contributed by atoms with Gasteiger partial charge in [-0.1, -0.05) is 6.92 Å². The first kappa shape index (κ1) is 18.6. The molecule has 7 nitrogen and oxygen atoms in total. The fraction of sp³-hybridized carbons (Fsp3) is 0.556. The molecule has 3 rings (SSSR count). The smallest absolute Gasteiger partial charge is 0.374 e. The summed E-state index contributed by atoms with van der Waals surface area (Å²) in [7, 11) is 0. The van der Waals surface area contributed by atoms with Gasteiger partial charge in [0.25, 0.3) is 5.56 Å². The van der Waals surface area contributed by atoms with Crippen molar-refractivity contribution in [1.82, 2.24) is 9.55 Å². The zero-order valence-corrected chi connectivity index (χ0v) is 16.0. The molecule has 0 unspecified atom stereocenters. The molecule has 2 aromatic heterocycles. The number of fused-ring (bicyclic) bond motifs is 3. The monoisotopic (exact) mass is 378 g/mol. The van der Waals surface area contributed by atoms with E-state index in [1.165, 1.54) is 11.3 Å². The van der Waals surface area contributed by atoms with E-state index in [1.807, 2.05) is 0 Å². The Morgan fingerprint density at radius 2 is 2.00 bits per heavy atom. The van der Waals surface area contributed by atoms with Gasteiger partial charge in [0, 0.05) is 4.88 Å². The molecule has 8 heteroatoms. The predicted octanol–water partition coefficient (Wildman–Crippen LogP) is 2.32. The van der Waals surface area contributed by atoms with E-state index in [0.29, 0.717) is 16.1 Å². The molecule has 0 spiro atoms. The van der Waals surface area contributed by atoms with Gasteiger partial charge in [-0.05, 0) is 44.6 Å². The van der Waals surface area contributed by atoms with Crippen molar-refractivity contribution in [2.45, 2.75) is 46.6 Å². The Hall–Kier alpha value is -2.22. The Labute approximate surface area is 154 Å². The average molecular weight is 378 g/mol. The topological polar surface area (TPSA) is 87.5 Å². The molecule has 26 heavy (non-hydrogen) atoms. The minimum atomic E-state index is -0.712. The number of hydrogen-bond acceptors (Lipinski definition) is 7. The highest BCUT2D eigenvalue weighted by molar-refractivity contribution is 7.18. The Morgan fingerprint density at radius 1 is 1.27 bits per heavy atom. The molecule has 1 aliphatic rings. The average Bonchev–Trinajstić information content (AvgIpc) is 2.95. The lowest BCUT2D eigenvalue weighted by Crippen LogP contribution is -2.32. The minimum Gasteiger partial charge on any atom is -0.465 e. The standard InChI is InChI=1S/C18H22N2O5S/c1-4-24-13(21)9-20-15(18(23)25-5-2)19-16-14(17(20)22)11-7-6-10(3)8-12(11)26-16/h10H,4-9H2,1-3H3/t10-/m1/s1. The normalized spacial score (nSPS) is 16.3. The molecule has 1 atom stereocenters. The first-order valence-electron chi connectivity index (χ1n) is 8.84. The van der Waals surface area contributed by atoms with Crippen molar-refractivity contribution in [3.63, 3.8) is 0 Å². The summed E-state index contributed by atoms with van der Waals surface area (Å²) >= 11 is 1.46. The quantitative estimate of drug-likeness (QED) is 0.742. The Kier molecular flexibility index (Phi) is 5.41. The number of thiophene rings is 1. The van der Waals surface area contributed by atoms with Gasteiger partial charge in [-0.15, -0.1) is 11.3 Å². The van der Waals surface area contributed by atoms with Crippen LogP contribution in [0.25, 0.3) is 10.2 Å². The van der Waals surface area contributed by atoms with Crippen LogP contribution in [0.4, 0.5) is 0 Å². The Balaban J connectivity index is 2.18. The highest BCUT2D eigenvalue weighted by Crippen LogP contribution is 2.35. The van der Waals surface area contributed by atoms with Crippen molar-refractivity contribution in [2.75, 3.05) is 13.2 Å². The second kappa shape index (κ2) is 7.57. The van der Waals surface area contributed by atoms with Crippen LogP contribution in [0, 0.1) is 5.92 Å². The van der Waals surface area contributed by atoms with E-state index in [9.17, 15) is 14.4 Å². The van der Waals surface area contributed by atoms with Crippen LogP contribution < -0.4 is 5.56 Å². The summed E-state index contributed by atoms with van der Waals surface area (Å²) in [5.74, 6) is -0.888. The van der Waals surface area contributed by atoms with Crippen molar-refractivity contribution in [3.05, 3.63) is 26.6 Å². The second-order valence-corrected chi connectivity index (χ2v) is 7.47. The van der Waals surface area contributed by atoms with E-state index in [2.05, 4.69) is 11.9 Å². The maximum absolute atomic E-state index is 13.1. The first-order chi connectivity index (χ1) is 12.5. The molecular weight excluding hydrogens is 356 g/mol. The van der Waals surface area contributed by atoms with Gasteiger partial charge in [0.05, 0.1) is 18.6 Å². The highest BCUT2D eigenvalue weighted by Gasteiger charge is 2.27. The van der Waals surface area contributed by atoms with Crippen molar-refractivity contribution in [1.29, 1.82) is 0 Å². The molecule has 140 valence electrons. The summed E-state index contributed by atoms with van der Waals surface area (Å²) in [6.07, 6.45) is 2.73. The van der Waals surface area contributed by atoms with Crippen LogP contribution in [0.5, 0.6) is 0 Å². The Bertz CT molecular complexity index is 914. The van der Waals surface area contributed by atoms with E-state index in [4.69, 9.17) is 9.47 Å². The number of carbonyl (C=O) groups excluding carboxylic acids is 2. The molecule has 0 saturated carbocycles. The first-order valence-corrected chi connectivity index (χ1v) is 9.65. The molecule has 0 saturated heterocycles. The molecule has 0 aromatic carbocycles. The number of rotatable bonds is 5. The molecule has 2 heterocycles. The van der Waals surface area contributed by atoms with Crippen molar-refractivity contribution in [3.8, 4) is 0 Å². The SMILES string of the molecule is CCOC(=O)Cn1c(C(=O)OCC)nc2sc3c(c2c1=O)CC[C@@H](C)C3. The molecule has 2 aromatic rings. The second-order valence-electron chi connectivity index (χ2n) is 6.38. The van der Waals surface area contributed by atoms with Gasteiger partial charge in [0.2, 0.25) is 5.82 Å². The van der Waals surface area contributed by atoms with Crippen molar-refractivity contribution < 1.29 is 19.1 Å². The third-order valence-corrected chi connectivity index (χ3v) is 5.61. The van der Waals surface area contributed by atoms with Gasteiger partial charge in [-0.3, -0.25) is 14.2 Å². The van der Waals surface area contributed by atoms with Crippen LogP contribution in [0.2, 0.25) is 0 Å². The number of ether oxygens (including phenoxy) is 2. The van der Waals surface area contributed by atoms with E-state index < -0.39 is 11.9 Å². The number of aryl methyl sites for hydroxylation is 1. The highest BCUT2D eigenvalue weighted by atomic mass is 32.1. The summed E-state index contributed by atoms with van der Waals surface area (Å²) in [5, 5.41) is 0.522. The zero-order chi connectivity index (χ0) is 18.8. The summed E-state index contributed by atoms with van der Waals surface area (Å²) in [5.41, 5.74) is 0.631. The molecule has 1 aliphatic carbocycles. The van der Waals surface area contributed by atoms with Crippen LogP contribution in [-0.4, -0.2) is 34.7 Å². The zero-order valence-electron chi connectivity index (χ0n) is 15.2. The lowest BCUT2D eigenvalue weighted by Gasteiger charge is -2.17. The number of hydrogen-bond donors (Lipinski definition) is 0. The van der Waals surface area contributed by atoms with Crippen LogP contribution in [0.15, 0.2) is 4.79 Å². The van der Waals surface area contributed by atoms with Crippen molar-refractivity contribution >= 4 is 33.5 Å². The van der Waals surface area contributed by atoms with E-state index in [-0.39, 0.29) is 31.1 Å². The predicted molar refractivity (Wildman–Crippen MR) is 97.7 cm³/mol. The minimum absolute atomic E-state index is 0.149. The molecule has 0 bridgehead atoms. The van der Waals surface area contributed by atoms with Gasteiger partial charge < -0.3 is 9.47 Å². The molecular formula is C18H22N2O5S. The van der Waals surface area contributed by atoms with Crippen LogP contribution >= 0.6 is 11.3 Å². The molecule has 0 amide bonds. The summed E-state index contributed by atoms with van der Waals surface area (Å²) in [4.78, 5) is 43.5. The third kappa shape index (κ3) is 3.38. The molecule has 0 radical (unpaired) electrons. The number of nitrogens with zero attached hydrogens (tertiary/aromatic N) is 2. The van der Waals surface area contributed by atoms with E-state index in [1.54, 1.807) is 13.8 Å². The van der Waals surface area contributed by atoms with Crippen LogP contribution in [0.1, 0.15) is 48.3 Å². The largest absolute Gasteiger partial charge is 0.465 e. The van der Waals surface area contributed by atoms with E-state index in [0.717, 1.165) is 34.3 Å². The van der Waals surface area contributed by atoms with E-state index >= 15 is 0 Å². The number of esters is 2. The maximum atomic E-state index is 13.1. The lowest BCUT2D eigenvalue weighted by atomic mass is 9.89. The van der Waals surface area contributed by atoms with Gasteiger partial charge >= 0.3 is 11.9 Å². The molecule has 0 fully saturated rings. The van der Waals surface area contributed by atoms with Crippen LogP contribution in [-0.2, 0) is 33.7 Å². The fourth-order valence-electron chi connectivity index (χ4n) is 3.26. The third-order valence-electron chi connectivity index (χ3n) is 4.47. The van der Waals surface area contributed by atoms with Crippen LogP contribution in [0.3, 0.4) is 0 Å². The van der Waals surface area contributed by atoms with Gasteiger partial charge in [-0.2, -0.15) is 0 Å². The van der Waals surface area contributed by atoms with Crippen molar-refractivity contribution in [2.24, 2.45) is 5.92 Å². The summed E-state index contributed by atoms with van der Waals surface area (Å²) < 4.78 is 11.1. The Morgan fingerprint density at radius 3 is 2.69 bits per heavy atom. The molecule has 0 aliphatic heterocycles. The number of carbonyl (C=O) groups is 2. The number of aromatic nitrogens is 2. The maximum Gasteiger partial charge on any atom is 0.374 e. The van der Waals surface area contributed by atoms with Gasteiger partial charge in [-0.25, -0.2) is 9.78 Å². The van der Waals surface area contributed by atoms with Gasteiger partial charge in [0.1, 0.15) is 11.4 Å². The molecule has 0 N–H and O–H groups in total. The fourth-order valence-corrected chi connectivity index (χ4v) is 4.63. The summed E-state index contributed by atoms with van der Waals surface area (Å²) in [6, 6.07) is 0. The lowest BCUT2D eigenvalue weighted by molar-refractivity contribution is -0.143. The van der Waals surface area contributed by atoms with Gasteiger partial charge in [0.15, 0.2) is 0 Å².